The Labute approximate surface area is 99.4 Å². The summed E-state index contributed by atoms with van der Waals surface area (Å²) in [5.74, 6) is 0.896. The Hall–Kier alpha value is -0.550. The molecule has 0 aliphatic heterocycles. The highest BCUT2D eigenvalue weighted by Crippen LogP contribution is 2.28. The van der Waals surface area contributed by atoms with Crippen LogP contribution in [0, 0.1) is 5.41 Å². The normalized spacial score (nSPS) is 9.86. The fourth-order valence-electron chi connectivity index (χ4n) is 0.863. The van der Waals surface area contributed by atoms with Gasteiger partial charge in [0.15, 0.2) is 0 Å². The first-order chi connectivity index (χ1) is 6.59. The summed E-state index contributed by atoms with van der Waals surface area (Å²) in [6.07, 6.45) is 0.447. The van der Waals surface area contributed by atoms with Gasteiger partial charge in [-0.2, -0.15) is 0 Å². The minimum Gasteiger partial charge on any atom is -0.492 e. The van der Waals surface area contributed by atoms with Gasteiger partial charge < -0.3 is 10.5 Å². The van der Waals surface area contributed by atoms with Crippen molar-refractivity contribution >= 4 is 37.7 Å². The Morgan fingerprint density at radius 1 is 1.43 bits per heavy atom. The van der Waals surface area contributed by atoms with Crippen molar-refractivity contribution in [2.24, 2.45) is 5.73 Å². The number of nitrogens with two attached hydrogens (primary N) is 1. The van der Waals surface area contributed by atoms with Crippen molar-refractivity contribution in [1.82, 2.24) is 0 Å². The van der Waals surface area contributed by atoms with Crippen molar-refractivity contribution in [2.75, 3.05) is 6.61 Å². The molecule has 14 heavy (non-hydrogen) atoms. The summed E-state index contributed by atoms with van der Waals surface area (Å²) < 4.78 is 7.29. The standard InChI is InChI=1S/C9H10Br2N2O/c10-6-1-2-8(7(11)5-6)14-4-3-9(12)13/h1-2,5H,3-4H2,(H3,12,13). The third-order valence-corrected chi connectivity index (χ3v) is 2.64. The molecule has 0 radical (unpaired) electrons. The van der Waals surface area contributed by atoms with Crippen molar-refractivity contribution in [2.45, 2.75) is 6.42 Å². The van der Waals surface area contributed by atoms with E-state index in [9.17, 15) is 0 Å². The van der Waals surface area contributed by atoms with Crippen molar-refractivity contribution in [3.8, 4) is 5.75 Å². The summed E-state index contributed by atoms with van der Waals surface area (Å²) in [5, 5.41) is 7.03. The topological polar surface area (TPSA) is 59.1 Å². The maximum absolute atomic E-state index is 7.03. The van der Waals surface area contributed by atoms with Crippen LogP contribution in [0.25, 0.3) is 0 Å². The highest BCUT2D eigenvalue weighted by molar-refractivity contribution is 9.11. The van der Waals surface area contributed by atoms with E-state index in [4.69, 9.17) is 15.9 Å². The third kappa shape index (κ3) is 3.67. The van der Waals surface area contributed by atoms with Crippen LogP contribution in [0.1, 0.15) is 6.42 Å². The molecule has 0 saturated carbocycles. The summed E-state index contributed by atoms with van der Waals surface area (Å²) in [6, 6.07) is 5.66. The lowest BCUT2D eigenvalue weighted by atomic mass is 10.3. The number of amidine groups is 1. The van der Waals surface area contributed by atoms with E-state index in [1.54, 1.807) is 0 Å². The third-order valence-electron chi connectivity index (χ3n) is 1.52. The second-order valence-electron chi connectivity index (χ2n) is 2.70. The molecule has 0 saturated heterocycles. The molecule has 0 aromatic heterocycles. The van der Waals surface area contributed by atoms with E-state index in [1.165, 1.54) is 0 Å². The molecule has 1 rings (SSSR count). The second-order valence-corrected chi connectivity index (χ2v) is 4.47. The Bertz CT molecular complexity index is 342. The van der Waals surface area contributed by atoms with Gasteiger partial charge in [-0.05, 0) is 34.1 Å². The molecule has 5 heteroatoms. The highest BCUT2D eigenvalue weighted by atomic mass is 79.9. The number of ether oxygens (including phenoxy) is 1. The Balaban J connectivity index is 2.55. The van der Waals surface area contributed by atoms with Crippen LogP contribution in [0.2, 0.25) is 0 Å². The first kappa shape index (κ1) is 11.5. The van der Waals surface area contributed by atoms with Crippen LogP contribution in [0.4, 0.5) is 0 Å². The molecule has 3 N–H and O–H groups in total. The van der Waals surface area contributed by atoms with Gasteiger partial charge in [0.05, 0.1) is 16.9 Å². The fourth-order valence-corrected chi connectivity index (χ4v) is 2.02. The van der Waals surface area contributed by atoms with Crippen molar-refractivity contribution in [3.63, 3.8) is 0 Å². The van der Waals surface area contributed by atoms with Gasteiger partial charge in [0.25, 0.3) is 0 Å². The maximum Gasteiger partial charge on any atom is 0.133 e. The van der Waals surface area contributed by atoms with Crippen LogP contribution in [-0.4, -0.2) is 12.4 Å². The Kier molecular flexibility index (Phi) is 4.41. The largest absolute Gasteiger partial charge is 0.492 e. The average molecular weight is 322 g/mol. The van der Waals surface area contributed by atoms with E-state index in [0.29, 0.717) is 13.0 Å². The van der Waals surface area contributed by atoms with E-state index in [-0.39, 0.29) is 5.84 Å². The first-order valence-corrected chi connectivity index (χ1v) is 5.59. The zero-order valence-electron chi connectivity index (χ0n) is 7.39. The van der Waals surface area contributed by atoms with E-state index >= 15 is 0 Å². The minimum absolute atomic E-state index is 0.137. The number of rotatable bonds is 4. The van der Waals surface area contributed by atoms with Crippen LogP contribution in [-0.2, 0) is 0 Å². The molecule has 0 amide bonds. The van der Waals surface area contributed by atoms with Gasteiger partial charge in [-0.3, -0.25) is 5.41 Å². The van der Waals surface area contributed by atoms with E-state index in [1.807, 2.05) is 18.2 Å². The number of benzene rings is 1. The monoisotopic (exact) mass is 320 g/mol. The summed E-state index contributed by atoms with van der Waals surface area (Å²) in [5.41, 5.74) is 5.20. The van der Waals surface area contributed by atoms with E-state index < -0.39 is 0 Å². The molecule has 0 spiro atoms. The molecule has 0 aliphatic carbocycles. The lowest BCUT2D eigenvalue weighted by Crippen LogP contribution is -2.13. The van der Waals surface area contributed by atoms with Gasteiger partial charge in [0, 0.05) is 10.9 Å². The highest BCUT2D eigenvalue weighted by Gasteiger charge is 2.01. The SMILES string of the molecule is N=C(N)CCOc1ccc(Br)cc1Br. The van der Waals surface area contributed by atoms with E-state index in [0.717, 1.165) is 14.7 Å². The van der Waals surface area contributed by atoms with Gasteiger partial charge in [-0.1, -0.05) is 15.9 Å². The molecule has 0 aliphatic rings. The van der Waals surface area contributed by atoms with Gasteiger partial charge in [-0.15, -0.1) is 0 Å². The molecule has 76 valence electrons. The van der Waals surface area contributed by atoms with E-state index in [2.05, 4.69) is 31.9 Å². The molecule has 3 nitrogen and oxygen atoms in total. The zero-order chi connectivity index (χ0) is 10.6. The van der Waals surface area contributed by atoms with Crippen LogP contribution >= 0.6 is 31.9 Å². The van der Waals surface area contributed by atoms with Crippen molar-refractivity contribution in [1.29, 1.82) is 5.41 Å². The predicted octanol–water partition coefficient (Wildman–Crippen LogP) is 2.92. The van der Waals surface area contributed by atoms with Crippen LogP contribution in [0.15, 0.2) is 27.1 Å². The summed E-state index contributed by atoms with van der Waals surface area (Å²) in [6.45, 7) is 0.426. The van der Waals surface area contributed by atoms with Gasteiger partial charge in [-0.25, -0.2) is 0 Å². The molecule has 1 aromatic carbocycles. The molecular weight excluding hydrogens is 312 g/mol. The van der Waals surface area contributed by atoms with Gasteiger partial charge in [0.2, 0.25) is 0 Å². The lowest BCUT2D eigenvalue weighted by molar-refractivity contribution is 0.326. The lowest BCUT2D eigenvalue weighted by Gasteiger charge is -2.07. The number of halogens is 2. The van der Waals surface area contributed by atoms with Crippen LogP contribution < -0.4 is 10.5 Å². The quantitative estimate of drug-likeness (QED) is 0.661. The maximum atomic E-state index is 7.03. The molecule has 0 fully saturated rings. The van der Waals surface area contributed by atoms with Crippen LogP contribution in [0.5, 0.6) is 5.75 Å². The molecule has 0 atom stereocenters. The minimum atomic E-state index is 0.137. The summed E-state index contributed by atoms with van der Waals surface area (Å²) in [4.78, 5) is 0. The van der Waals surface area contributed by atoms with Gasteiger partial charge in [0.1, 0.15) is 5.75 Å². The summed E-state index contributed by atoms with van der Waals surface area (Å²) >= 11 is 6.72. The molecule has 0 unspecified atom stereocenters. The molecule has 0 bridgehead atoms. The first-order valence-electron chi connectivity index (χ1n) is 4.00. The Morgan fingerprint density at radius 2 is 2.14 bits per heavy atom. The molecular formula is C9H10Br2N2O. The number of hydrogen-bond acceptors (Lipinski definition) is 2. The smallest absolute Gasteiger partial charge is 0.133 e. The average Bonchev–Trinajstić information content (AvgIpc) is 2.08. The zero-order valence-corrected chi connectivity index (χ0v) is 10.6. The fraction of sp³-hybridized carbons (Fsp3) is 0.222. The second kappa shape index (κ2) is 5.36. The predicted molar refractivity (Wildman–Crippen MR) is 63.9 cm³/mol. The van der Waals surface area contributed by atoms with Gasteiger partial charge >= 0.3 is 0 Å². The summed E-state index contributed by atoms with van der Waals surface area (Å²) in [7, 11) is 0. The molecule has 1 aromatic rings. The Morgan fingerprint density at radius 3 is 2.71 bits per heavy atom. The van der Waals surface area contributed by atoms with Crippen LogP contribution in [0.3, 0.4) is 0 Å². The van der Waals surface area contributed by atoms with Crippen molar-refractivity contribution in [3.05, 3.63) is 27.1 Å². The number of nitrogens with one attached hydrogen (secondary N) is 1. The number of hydrogen-bond donors (Lipinski definition) is 2. The molecule has 0 heterocycles. The van der Waals surface area contributed by atoms with Crippen molar-refractivity contribution < 1.29 is 4.74 Å².